The fourth-order valence-corrected chi connectivity index (χ4v) is 3.31. The molecule has 0 saturated heterocycles. The Kier molecular flexibility index (Phi) is 6.65. The number of rotatable bonds is 7. The summed E-state index contributed by atoms with van der Waals surface area (Å²) >= 11 is 0. The predicted molar refractivity (Wildman–Crippen MR) is 115 cm³/mol. The highest BCUT2D eigenvalue weighted by Crippen LogP contribution is 2.30. The molecule has 1 amide bonds. The molecule has 0 bridgehead atoms. The van der Waals surface area contributed by atoms with E-state index in [1.54, 1.807) is 37.3 Å². The maximum absolute atomic E-state index is 14.1. The SMILES string of the molecule is COc1ccc(C(=O)N[C@@H](CC(=O)O)c2ccccc2C)nc1-c1ccc(C)c(F)c1. The van der Waals surface area contributed by atoms with Crippen LogP contribution in [0.3, 0.4) is 0 Å². The van der Waals surface area contributed by atoms with E-state index in [0.717, 1.165) is 5.56 Å². The van der Waals surface area contributed by atoms with Crippen LogP contribution in [-0.2, 0) is 4.79 Å². The first-order valence-corrected chi connectivity index (χ1v) is 9.70. The molecule has 1 atom stereocenters. The van der Waals surface area contributed by atoms with E-state index >= 15 is 0 Å². The van der Waals surface area contributed by atoms with Crippen LogP contribution in [-0.4, -0.2) is 29.1 Å². The number of amides is 1. The number of carbonyl (C=O) groups excluding carboxylic acids is 1. The van der Waals surface area contributed by atoms with Gasteiger partial charge in [-0.1, -0.05) is 36.4 Å². The number of nitrogens with one attached hydrogen (secondary N) is 1. The number of carbonyl (C=O) groups is 2. The molecule has 1 heterocycles. The third kappa shape index (κ3) is 5.06. The second kappa shape index (κ2) is 9.38. The van der Waals surface area contributed by atoms with Crippen molar-refractivity contribution in [3.05, 3.63) is 82.8 Å². The second-order valence-corrected chi connectivity index (χ2v) is 7.19. The van der Waals surface area contributed by atoms with Crippen LogP contribution in [0.2, 0.25) is 0 Å². The summed E-state index contributed by atoms with van der Waals surface area (Å²) in [6, 6.07) is 14.3. The molecule has 1 aromatic heterocycles. The van der Waals surface area contributed by atoms with Gasteiger partial charge < -0.3 is 15.2 Å². The Balaban J connectivity index is 1.95. The lowest BCUT2D eigenvalue weighted by atomic mass is 9.98. The lowest BCUT2D eigenvalue weighted by Crippen LogP contribution is -2.31. The monoisotopic (exact) mass is 422 g/mol. The van der Waals surface area contributed by atoms with Crippen molar-refractivity contribution in [1.29, 1.82) is 0 Å². The van der Waals surface area contributed by atoms with Crippen molar-refractivity contribution < 1.29 is 23.8 Å². The number of hydrogen-bond donors (Lipinski definition) is 2. The number of aryl methyl sites for hydroxylation is 2. The molecule has 0 aliphatic heterocycles. The summed E-state index contributed by atoms with van der Waals surface area (Å²) in [6.45, 7) is 3.51. The van der Waals surface area contributed by atoms with Crippen molar-refractivity contribution in [2.24, 2.45) is 0 Å². The van der Waals surface area contributed by atoms with E-state index in [1.165, 1.54) is 19.2 Å². The average Bonchev–Trinajstić information content (AvgIpc) is 2.74. The van der Waals surface area contributed by atoms with Gasteiger partial charge in [-0.05, 0) is 48.7 Å². The maximum atomic E-state index is 14.1. The van der Waals surface area contributed by atoms with Gasteiger partial charge in [0, 0.05) is 5.56 Å². The first kappa shape index (κ1) is 22.0. The zero-order valence-corrected chi connectivity index (χ0v) is 17.5. The zero-order valence-electron chi connectivity index (χ0n) is 17.5. The number of carboxylic acid groups (broad SMARTS) is 1. The van der Waals surface area contributed by atoms with Crippen LogP contribution in [0.25, 0.3) is 11.3 Å². The molecule has 6 nitrogen and oxygen atoms in total. The van der Waals surface area contributed by atoms with Gasteiger partial charge in [0.05, 0.1) is 19.6 Å². The van der Waals surface area contributed by atoms with Crippen molar-refractivity contribution in [3.63, 3.8) is 0 Å². The normalized spacial score (nSPS) is 11.6. The van der Waals surface area contributed by atoms with Gasteiger partial charge in [-0.2, -0.15) is 0 Å². The number of aliphatic carboxylic acids is 1. The molecular formula is C24H23FN2O4. The van der Waals surface area contributed by atoms with Gasteiger partial charge in [0.2, 0.25) is 0 Å². The molecule has 3 rings (SSSR count). The van der Waals surface area contributed by atoms with Crippen LogP contribution in [0.1, 0.15) is 39.6 Å². The van der Waals surface area contributed by atoms with Crippen molar-refractivity contribution in [3.8, 4) is 17.0 Å². The fourth-order valence-electron chi connectivity index (χ4n) is 3.31. The first-order valence-electron chi connectivity index (χ1n) is 9.70. The van der Waals surface area contributed by atoms with Crippen molar-refractivity contribution in [2.75, 3.05) is 7.11 Å². The van der Waals surface area contributed by atoms with Gasteiger partial charge in [-0.15, -0.1) is 0 Å². The molecule has 0 aliphatic carbocycles. The third-order valence-corrected chi connectivity index (χ3v) is 5.00. The number of pyridine rings is 1. The summed E-state index contributed by atoms with van der Waals surface area (Å²) in [4.78, 5) is 28.7. The van der Waals surface area contributed by atoms with Crippen molar-refractivity contribution in [2.45, 2.75) is 26.3 Å². The van der Waals surface area contributed by atoms with Gasteiger partial charge in [-0.25, -0.2) is 9.37 Å². The minimum atomic E-state index is -1.04. The van der Waals surface area contributed by atoms with E-state index in [4.69, 9.17) is 4.74 Å². The van der Waals surface area contributed by atoms with Gasteiger partial charge in [0.25, 0.3) is 5.91 Å². The number of halogens is 1. The molecule has 0 fully saturated rings. The van der Waals surface area contributed by atoms with Crippen LogP contribution >= 0.6 is 0 Å². The van der Waals surface area contributed by atoms with E-state index in [2.05, 4.69) is 10.3 Å². The largest absolute Gasteiger partial charge is 0.494 e. The fraction of sp³-hybridized carbons (Fsp3) is 0.208. The Hall–Kier alpha value is -3.74. The number of nitrogens with zero attached hydrogens (tertiary/aromatic N) is 1. The number of benzene rings is 2. The Morgan fingerprint density at radius 3 is 2.48 bits per heavy atom. The number of methoxy groups -OCH3 is 1. The minimum Gasteiger partial charge on any atom is -0.494 e. The van der Waals surface area contributed by atoms with Gasteiger partial charge in [0.1, 0.15) is 23.0 Å². The van der Waals surface area contributed by atoms with Crippen LogP contribution in [0.15, 0.2) is 54.6 Å². The highest BCUT2D eigenvalue weighted by Gasteiger charge is 2.22. The van der Waals surface area contributed by atoms with E-state index in [1.807, 2.05) is 19.1 Å². The molecule has 0 radical (unpaired) electrons. The smallest absolute Gasteiger partial charge is 0.305 e. The average molecular weight is 422 g/mol. The number of hydrogen-bond acceptors (Lipinski definition) is 4. The van der Waals surface area contributed by atoms with Crippen LogP contribution < -0.4 is 10.1 Å². The van der Waals surface area contributed by atoms with E-state index in [9.17, 15) is 19.1 Å². The van der Waals surface area contributed by atoms with Crippen LogP contribution in [0.5, 0.6) is 5.75 Å². The molecule has 7 heteroatoms. The molecule has 0 aliphatic rings. The van der Waals surface area contributed by atoms with Crippen LogP contribution in [0, 0.1) is 19.7 Å². The standard InChI is InChI=1S/C24H23FN2O4/c1-14-6-4-5-7-17(14)20(13-22(28)29)27-24(30)19-10-11-21(31-3)23(26-19)16-9-8-15(2)18(25)12-16/h4-12,20H,13H2,1-3H3,(H,27,30)(H,28,29)/t20-/m0/s1. The Morgan fingerprint density at radius 1 is 1.10 bits per heavy atom. The first-order chi connectivity index (χ1) is 14.8. The summed E-state index contributed by atoms with van der Waals surface area (Å²) < 4.78 is 19.4. The molecule has 2 aromatic carbocycles. The third-order valence-electron chi connectivity index (χ3n) is 5.00. The Bertz CT molecular complexity index is 1130. The molecule has 0 saturated carbocycles. The molecule has 31 heavy (non-hydrogen) atoms. The Morgan fingerprint density at radius 2 is 1.84 bits per heavy atom. The van der Waals surface area contributed by atoms with E-state index < -0.39 is 23.7 Å². The molecule has 2 N–H and O–H groups in total. The summed E-state index contributed by atoms with van der Waals surface area (Å²) in [7, 11) is 1.46. The highest BCUT2D eigenvalue weighted by atomic mass is 19.1. The zero-order chi connectivity index (χ0) is 22.5. The quantitative estimate of drug-likeness (QED) is 0.587. The molecule has 0 spiro atoms. The van der Waals surface area contributed by atoms with Gasteiger partial charge in [0.15, 0.2) is 0 Å². The summed E-state index contributed by atoms with van der Waals surface area (Å²) in [5.41, 5.74) is 2.93. The maximum Gasteiger partial charge on any atom is 0.305 e. The van der Waals surface area contributed by atoms with Gasteiger partial charge in [-0.3, -0.25) is 9.59 Å². The lowest BCUT2D eigenvalue weighted by molar-refractivity contribution is -0.137. The molecule has 3 aromatic rings. The second-order valence-electron chi connectivity index (χ2n) is 7.19. The predicted octanol–water partition coefficient (Wildman–Crippen LogP) is 4.46. The summed E-state index contributed by atoms with van der Waals surface area (Å²) in [6.07, 6.45) is -0.275. The van der Waals surface area contributed by atoms with Crippen molar-refractivity contribution in [1.82, 2.24) is 10.3 Å². The molecule has 160 valence electrons. The minimum absolute atomic E-state index is 0.0701. The summed E-state index contributed by atoms with van der Waals surface area (Å²) in [5, 5.41) is 12.1. The van der Waals surface area contributed by atoms with Crippen LogP contribution in [0.4, 0.5) is 4.39 Å². The number of ether oxygens (including phenoxy) is 1. The summed E-state index contributed by atoms with van der Waals surface area (Å²) in [5.74, 6) is -1.57. The Labute approximate surface area is 179 Å². The van der Waals surface area contributed by atoms with Crippen molar-refractivity contribution >= 4 is 11.9 Å². The lowest BCUT2D eigenvalue weighted by Gasteiger charge is -2.19. The number of aromatic nitrogens is 1. The molecular weight excluding hydrogens is 399 g/mol. The van der Waals surface area contributed by atoms with Gasteiger partial charge >= 0.3 is 5.97 Å². The number of carboxylic acids is 1. The molecule has 0 unspecified atom stereocenters. The highest BCUT2D eigenvalue weighted by molar-refractivity contribution is 5.93. The topological polar surface area (TPSA) is 88.5 Å². The van der Waals surface area contributed by atoms with E-state index in [0.29, 0.717) is 28.1 Å². The van der Waals surface area contributed by atoms with E-state index in [-0.39, 0.29) is 12.1 Å².